The van der Waals surface area contributed by atoms with Gasteiger partial charge in [-0.25, -0.2) is 0 Å². The minimum atomic E-state index is -0.409. The molecule has 0 unspecified atom stereocenters. The van der Waals surface area contributed by atoms with Crippen LogP contribution in [-0.4, -0.2) is 44.3 Å². The molecule has 1 aliphatic rings. The lowest BCUT2D eigenvalue weighted by Crippen LogP contribution is -2.41. The number of pyridine rings is 1. The van der Waals surface area contributed by atoms with Crippen molar-refractivity contribution >= 4 is 46.8 Å². The fourth-order valence-corrected chi connectivity index (χ4v) is 3.67. The van der Waals surface area contributed by atoms with E-state index in [2.05, 4.69) is 25.5 Å². The molecule has 0 aliphatic carbocycles. The minimum absolute atomic E-state index is 0.116. The van der Waals surface area contributed by atoms with Crippen LogP contribution in [0.4, 0.5) is 11.6 Å². The average molecular weight is 401 g/mol. The van der Waals surface area contributed by atoms with Crippen LogP contribution in [0.1, 0.15) is 0 Å². The van der Waals surface area contributed by atoms with Gasteiger partial charge in [0.2, 0.25) is 17.8 Å². The number of H-pyrrole nitrogens is 1. The highest BCUT2D eigenvalue weighted by atomic mass is 35.5. The number of aromatic amines is 1. The summed E-state index contributed by atoms with van der Waals surface area (Å²) >= 11 is 7.46. The number of benzene rings is 1. The van der Waals surface area contributed by atoms with Gasteiger partial charge in [-0.2, -0.15) is 4.98 Å². The SMILES string of the molecule is O=C(CN1C(=O)CSc2ccc(Cl)cc21)Nc1n[nH]c(-c2ccccn2)n1. The number of carbonyl (C=O) groups is 2. The molecule has 1 aromatic carbocycles. The second-order valence-electron chi connectivity index (χ2n) is 5.65. The number of carbonyl (C=O) groups excluding carboxylic acids is 2. The number of nitrogens with zero attached hydrogens (tertiary/aromatic N) is 4. The lowest BCUT2D eigenvalue weighted by molar-refractivity contribution is -0.120. The van der Waals surface area contributed by atoms with Crippen LogP contribution in [0, 0.1) is 0 Å². The Hall–Kier alpha value is -2.91. The van der Waals surface area contributed by atoms with Gasteiger partial charge in [0.15, 0.2) is 5.82 Å². The monoisotopic (exact) mass is 400 g/mol. The third-order valence-electron chi connectivity index (χ3n) is 3.81. The molecular weight excluding hydrogens is 388 g/mol. The van der Waals surface area contributed by atoms with E-state index in [9.17, 15) is 9.59 Å². The van der Waals surface area contributed by atoms with Crippen molar-refractivity contribution in [3.05, 3.63) is 47.6 Å². The van der Waals surface area contributed by atoms with Crippen molar-refractivity contribution in [2.75, 3.05) is 22.5 Å². The van der Waals surface area contributed by atoms with Gasteiger partial charge in [-0.05, 0) is 30.3 Å². The van der Waals surface area contributed by atoms with Gasteiger partial charge in [0, 0.05) is 16.1 Å². The molecular formula is C17H13ClN6O2S. The molecule has 0 saturated heterocycles. The van der Waals surface area contributed by atoms with Gasteiger partial charge < -0.3 is 4.90 Å². The summed E-state index contributed by atoms with van der Waals surface area (Å²) in [6.45, 7) is -0.153. The topological polar surface area (TPSA) is 104 Å². The summed E-state index contributed by atoms with van der Waals surface area (Å²) in [4.78, 5) is 35.4. The molecule has 2 aromatic heterocycles. The zero-order valence-electron chi connectivity index (χ0n) is 13.8. The number of hydrogen-bond acceptors (Lipinski definition) is 6. The molecule has 8 nitrogen and oxygen atoms in total. The lowest BCUT2D eigenvalue weighted by atomic mass is 10.2. The molecule has 10 heteroatoms. The first-order chi connectivity index (χ1) is 13.1. The van der Waals surface area contributed by atoms with Crippen LogP contribution in [-0.2, 0) is 9.59 Å². The molecule has 0 radical (unpaired) electrons. The number of amides is 2. The molecule has 4 rings (SSSR count). The standard InChI is InChI=1S/C17H13ClN6O2S/c18-10-4-5-13-12(7-10)24(15(26)9-27-13)8-14(25)20-17-21-16(22-23-17)11-3-1-2-6-19-11/h1-7H,8-9H2,(H2,20,21,22,23,25). The van der Waals surface area contributed by atoms with E-state index < -0.39 is 5.91 Å². The van der Waals surface area contributed by atoms with Crippen LogP contribution >= 0.6 is 23.4 Å². The zero-order chi connectivity index (χ0) is 18.8. The molecule has 0 saturated carbocycles. The summed E-state index contributed by atoms with van der Waals surface area (Å²) in [5.41, 5.74) is 1.24. The third-order valence-corrected chi connectivity index (χ3v) is 5.09. The first kappa shape index (κ1) is 17.5. The quantitative estimate of drug-likeness (QED) is 0.697. The maximum atomic E-state index is 12.4. The molecule has 0 fully saturated rings. The Bertz CT molecular complexity index is 1010. The van der Waals surface area contributed by atoms with Gasteiger partial charge in [-0.1, -0.05) is 17.7 Å². The molecule has 136 valence electrons. The normalized spacial score (nSPS) is 13.4. The van der Waals surface area contributed by atoms with Crippen molar-refractivity contribution < 1.29 is 9.59 Å². The van der Waals surface area contributed by atoms with Crippen LogP contribution in [0.15, 0.2) is 47.5 Å². The number of thioether (sulfide) groups is 1. The largest absolute Gasteiger partial charge is 0.301 e. The highest BCUT2D eigenvalue weighted by molar-refractivity contribution is 8.00. The van der Waals surface area contributed by atoms with Gasteiger partial charge >= 0.3 is 0 Å². The second kappa shape index (κ2) is 7.37. The van der Waals surface area contributed by atoms with E-state index in [4.69, 9.17) is 11.6 Å². The highest BCUT2D eigenvalue weighted by Gasteiger charge is 2.27. The van der Waals surface area contributed by atoms with Crippen molar-refractivity contribution in [1.29, 1.82) is 0 Å². The fraction of sp³-hybridized carbons (Fsp3) is 0.118. The number of nitrogens with one attached hydrogen (secondary N) is 2. The Morgan fingerprint density at radius 3 is 3.04 bits per heavy atom. The first-order valence-electron chi connectivity index (χ1n) is 7.96. The van der Waals surface area contributed by atoms with Crippen molar-refractivity contribution in [2.45, 2.75) is 4.90 Å². The molecule has 1 aliphatic heterocycles. The predicted molar refractivity (Wildman–Crippen MR) is 103 cm³/mol. The summed E-state index contributed by atoms with van der Waals surface area (Å²) in [7, 11) is 0. The molecule has 2 amide bonds. The van der Waals surface area contributed by atoms with Crippen molar-refractivity contribution in [1.82, 2.24) is 20.2 Å². The number of aromatic nitrogens is 4. The van der Waals surface area contributed by atoms with Crippen molar-refractivity contribution in [3.63, 3.8) is 0 Å². The Labute approximate surface area is 163 Å². The molecule has 0 atom stereocenters. The summed E-state index contributed by atoms with van der Waals surface area (Å²) in [5, 5.41) is 9.78. The Morgan fingerprint density at radius 2 is 2.22 bits per heavy atom. The van der Waals surface area contributed by atoms with Crippen molar-refractivity contribution in [2.24, 2.45) is 0 Å². The number of fused-ring (bicyclic) bond motifs is 1. The number of hydrogen-bond donors (Lipinski definition) is 2. The Kier molecular flexibility index (Phi) is 4.78. The molecule has 0 bridgehead atoms. The van der Waals surface area contributed by atoms with Crippen LogP contribution in [0.25, 0.3) is 11.5 Å². The smallest absolute Gasteiger partial charge is 0.249 e. The average Bonchev–Trinajstić information content (AvgIpc) is 3.13. The number of anilines is 2. The number of halogens is 1. The van der Waals surface area contributed by atoms with E-state index in [-0.39, 0.29) is 24.2 Å². The summed E-state index contributed by atoms with van der Waals surface area (Å²) in [6, 6.07) is 10.7. The second-order valence-corrected chi connectivity index (χ2v) is 7.10. The minimum Gasteiger partial charge on any atom is -0.301 e. The lowest BCUT2D eigenvalue weighted by Gasteiger charge is -2.28. The van der Waals surface area contributed by atoms with E-state index in [1.165, 1.54) is 16.7 Å². The fourth-order valence-electron chi connectivity index (χ4n) is 2.59. The maximum Gasteiger partial charge on any atom is 0.249 e. The summed E-state index contributed by atoms with van der Waals surface area (Å²) < 4.78 is 0. The van der Waals surface area contributed by atoms with Crippen LogP contribution < -0.4 is 10.2 Å². The Morgan fingerprint density at radius 1 is 1.33 bits per heavy atom. The molecule has 3 heterocycles. The van der Waals surface area contributed by atoms with E-state index in [0.29, 0.717) is 22.2 Å². The molecule has 2 N–H and O–H groups in total. The van der Waals surface area contributed by atoms with E-state index in [1.807, 2.05) is 12.1 Å². The van der Waals surface area contributed by atoms with Crippen LogP contribution in [0.3, 0.4) is 0 Å². The first-order valence-corrected chi connectivity index (χ1v) is 9.33. The van der Waals surface area contributed by atoms with E-state index in [0.717, 1.165) is 4.90 Å². The third kappa shape index (κ3) is 3.79. The highest BCUT2D eigenvalue weighted by Crippen LogP contribution is 2.36. The zero-order valence-corrected chi connectivity index (χ0v) is 15.4. The van der Waals surface area contributed by atoms with Crippen LogP contribution in [0.5, 0.6) is 0 Å². The van der Waals surface area contributed by atoms with Crippen molar-refractivity contribution in [3.8, 4) is 11.5 Å². The predicted octanol–water partition coefficient (Wildman–Crippen LogP) is 2.60. The van der Waals surface area contributed by atoms with E-state index in [1.54, 1.807) is 30.5 Å². The van der Waals surface area contributed by atoms with Gasteiger partial charge in [-0.3, -0.25) is 25.0 Å². The van der Waals surface area contributed by atoms with Gasteiger partial charge in [0.25, 0.3) is 0 Å². The summed E-state index contributed by atoms with van der Waals surface area (Å²) in [5.74, 6) is 0.257. The Balaban J connectivity index is 1.48. The van der Waals surface area contributed by atoms with Crippen LogP contribution in [0.2, 0.25) is 5.02 Å². The van der Waals surface area contributed by atoms with Gasteiger partial charge in [0.05, 0.1) is 11.4 Å². The van der Waals surface area contributed by atoms with Gasteiger partial charge in [-0.15, -0.1) is 16.9 Å². The molecule has 0 spiro atoms. The molecule has 3 aromatic rings. The molecule has 27 heavy (non-hydrogen) atoms. The van der Waals surface area contributed by atoms with E-state index >= 15 is 0 Å². The van der Waals surface area contributed by atoms with Gasteiger partial charge in [0.1, 0.15) is 12.2 Å². The number of rotatable bonds is 4. The summed E-state index contributed by atoms with van der Waals surface area (Å²) in [6.07, 6.45) is 1.64. The maximum absolute atomic E-state index is 12.4.